The van der Waals surface area contributed by atoms with Crippen LogP contribution < -0.4 is 10.1 Å². The molecule has 0 amide bonds. The number of ether oxygens (including phenoxy) is 2. The summed E-state index contributed by atoms with van der Waals surface area (Å²) >= 11 is 0. The van der Waals surface area contributed by atoms with Gasteiger partial charge in [-0.1, -0.05) is 0 Å². The van der Waals surface area contributed by atoms with Gasteiger partial charge >= 0.3 is 0 Å². The van der Waals surface area contributed by atoms with E-state index in [0.29, 0.717) is 24.0 Å². The number of hydrogen-bond donors (Lipinski definition) is 1. The van der Waals surface area contributed by atoms with Crippen molar-refractivity contribution >= 4 is 5.95 Å². The van der Waals surface area contributed by atoms with Crippen LogP contribution in [0.1, 0.15) is 33.6 Å². The lowest BCUT2D eigenvalue weighted by molar-refractivity contribution is 0.00284. The van der Waals surface area contributed by atoms with Gasteiger partial charge in [-0.25, -0.2) is 4.98 Å². The Kier molecular flexibility index (Phi) is 4.36. The third kappa shape index (κ3) is 3.57. The minimum absolute atomic E-state index is 0.124. The van der Waals surface area contributed by atoms with Crippen LogP contribution >= 0.6 is 0 Å². The van der Waals surface area contributed by atoms with Crippen molar-refractivity contribution < 1.29 is 9.47 Å². The largest absolute Gasteiger partial charge is 0.475 e. The number of hydrogen-bond acceptors (Lipinski definition) is 5. The van der Waals surface area contributed by atoms with Crippen molar-refractivity contribution in [3.63, 3.8) is 0 Å². The molecule has 0 saturated heterocycles. The summed E-state index contributed by atoms with van der Waals surface area (Å²) in [4.78, 5) is 8.52. The highest BCUT2D eigenvalue weighted by atomic mass is 16.5. The van der Waals surface area contributed by atoms with Crippen LogP contribution in [-0.2, 0) is 4.74 Å². The summed E-state index contributed by atoms with van der Waals surface area (Å²) in [6, 6.07) is 2.19. The summed E-state index contributed by atoms with van der Waals surface area (Å²) in [5.41, 5.74) is 0. The molecule has 1 aromatic heterocycles. The molecule has 0 spiro atoms. The van der Waals surface area contributed by atoms with Gasteiger partial charge in [0.15, 0.2) is 0 Å². The van der Waals surface area contributed by atoms with Crippen LogP contribution in [0.15, 0.2) is 12.3 Å². The molecule has 0 aromatic carbocycles. The first-order valence-corrected chi connectivity index (χ1v) is 6.55. The summed E-state index contributed by atoms with van der Waals surface area (Å²) in [6.45, 7) is 6.77. The van der Waals surface area contributed by atoms with E-state index in [4.69, 9.17) is 9.47 Å². The quantitative estimate of drug-likeness (QED) is 0.840. The van der Waals surface area contributed by atoms with Crippen LogP contribution in [0.5, 0.6) is 5.88 Å². The lowest BCUT2D eigenvalue weighted by atomic mass is 9.89. The Morgan fingerprint density at radius 2 is 2.22 bits per heavy atom. The minimum atomic E-state index is 0.124. The zero-order valence-corrected chi connectivity index (χ0v) is 11.2. The first-order chi connectivity index (χ1) is 8.67. The second-order valence-corrected chi connectivity index (χ2v) is 4.78. The maximum atomic E-state index is 5.53. The van der Waals surface area contributed by atoms with Gasteiger partial charge in [0.1, 0.15) is 0 Å². The van der Waals surface area contributed by atoms with Crippen molar-refractivity contribution in [2.75, 3.05) is 11.9 Å². The van der Waals surface area contributed by atoms with E-state index in [-0.39, 0.29) is 6.10 Å². The van der Waals surface area contributed by atoms with E-state index in [1.807, 2.05) is 20.8 Å². The van der Waals surface area contributed by atoms with Crippen LogP contribution in [0, 0.1) is 0 Å². The fourth-order valence-corrected chi connectivity index (χ4v) is 1.96. The number of nitrogens with zero attached hydrogens (tertiary/aromatic N) is 2. The van der Waals surface area contributed by atoms with E-state index in [1.54, 1.807) is 12.3 Å². The molecule has 5 heteroatoms. The lowest BCUT2D eigenvalue weighted by Gasteiger charge is -2.35. The van der Waals surface area contributed by atoms with Crippen molar-refractivity contribution in [2.24, 2.45) is 0 Å². The highest BCUT2D eigenvalue weighted by Gasteiger charge is 2.29. The lowest BCUT2D eigenvalue weighted by Crippen LogP contribution is -2.41. The number of nitrogens with one attached hydrogen (secondary N) is 1. The zero-order valence-electron chi connectivity index (χ0n) is 11.2. The molecular formula is C13H21N3O2. The minimum Gasteiger partial charge on any atom is -0.475 e. The Labute approximate surface area is 108 Å². The summed E-state index contributed by atoms with van der Waals surface area (Å²) < 4.78 is 11.0. The summed E-state index contributed by atoms with van der Waals surface area (Å²) in [6.07, 6.45) is 4.27. The Hall–Kier alpha value is -1.36. The molecule has 5 nitrogen and oxygen atoms in total. The molecule has 0 aliphatic heterocycles. The summed E-state index contributed by atoms with van der Waals surface area (Å²) in [7, 11) is 0. The standard InChI is InChI=1S/C13H21N3O2/c1-4-17-11-7-10(8-11)15-13-14-6-5-12(16-13)18-9(2)3/h5-6,9-11H,4,7-8H2,1-3H3,(H,14,15,16). The molecule has 100 valence electrons. The first kappa shape index (κ1) is 13.1. The Balaban J connectivity index is 1.83. The fraction of sp³-hybridized carbons (Fsp3) is 0.692. The van der Waals surface area contributed by atoms with E-state index in [2.05, 4.69) is 15.3 Å². The first-order valence-electron chi connectivity index (χ1n) is 6.55. The number of aromatic nitrogens is 2. The van der Waals surface area contributed by atoms with Gasteiger partial charge < -0.3 is 14.8 Å². The molecule has 0 unspecified atom stereocenters. The Morgan fingerprint density at radius 1 is 1.44 bits per heavy atom. The van der Waals surface area contributed by atoms with Crippen LogP contribution in [-0.4, -0.2) is 34.8 Å². The molecule has 2 rings (SSSR count). The fourth-order valence-electron chi connectivity index (χ4n) is 1.96. The van der Waals surface area contributed by atoms with Crippen LogP contribution in [0.3, 0.4) is 0 Å². The highest BCUT2D eigenvalue weighted by molar-refractivity contribution is 5.30. The molecule has 1 aromatic rings. The Morgan fingerprint density at radius 3 is 2.89 bits per heavy atom. The molecule has 1 fully saturated rings. The van der Waals surface area contributed by atoms with Crippen molar-refractivity contribution in [2.45, 2.75) is 51.9 Å². The van der Waals surface area contributed by atoms with Crippen LogP contribution in [0.2, 0.25) is 0 Å². The van der Waals surface area contributed by atoms with Crippen molar-refractivity contribution in [3.05, 3.63) is 12.3 Å². The number of anilines is 1. The molecule has 0 radical (unpaired) electrons. The maximum Gasteiger partial charge on any atom is 0.226 e. The summed E-state index contributed by atoms with van der Waals surface area (Å²) in [5.74, 6) is 1.25. The third-order valence-electron chi connectivity index (χ3n) is 2.82. The summed E-state index contributed by atoms with van der Waals surface area (Å²) in [5, 5.41) is 3.30. The van der Waals surface area contributed by atoms with Crippen LogP contribution in [0.4, 0.5) is 5.95 Å². The molecule has 0 atom stereocenters. The van der Waals surface area contributed by atoms with Gasteiger partial charge in [0.05, 0.1) is 12.2 Å². The van der Waals surface area contributed by atoms with E-state index < -0.39 is 0 Å². The van der Waals surface area contributed by atoms with Crippen molar-refractivity contribution in [1.82, 2.24) is 9.97 Å². The molecule has 1 aliphatic carbocycles. The van der Waals surface area contributed by atoms with Gasteiger partial charge in [-0.3, -0.25) is 0 Å². The smallest absolute Gasteiger partial charge is 0.226 e. The topological polar surface area (TPSA) is 56.3 Å². The molecule has 1 heterocycles. The van der Waals surface area contributed by atoms with Crippen LogP contribution in [0.25, 0.3) is 0 Å². The van der Waals surface area contributed by atoms with Gasteiger partial charge in [0.2, 0.25) is 11.8 Å². The van der Waals surface area contributed by atoms with Crippen molar-refractivity contribution in [1.29, 1.82) is 0 Å². The van der Waals surface area contributed by atoms with Gasteiger partial charge in [0, 0.05) is 24.9 Å². The highest BCUT2D eigenvalue weighted by Crippen LogP contribution is 2.26. The van der Waals surface area contributed by atoms with Gasteiger partial charge in [-0.2, -0.15) is 4.98 Å². The molecular weight excluding hydrogens is 230 g/mol. The molecule has 1 saturated carbocycles. The van der Waals surface area contributed by atoms with E-state index in [9.17, 15) is 0 Å². The molecule has 1 aliphatic rings. The van der Waals surface area contributed by atoms with Gasteiger partial charge in [-0.15, -0.1) is 0 Å². The molecule has 18 heavy (non-hydrogen) atoms. The van der Waals surface area contributed by atoms with E-state index >= 15 is 0 Å². The molecule has 0 bridgehead atoms. The number of rotatable bonds is 6. The zero-order chi connectivity index (χ0) is 13.0. The molecule has 1 N–H and O–H groups in total. The monoisotopic (exact) mass is 251 g/mol. The SMILES string of the molecule is CCOC1CC(Nc2nccc(OC(C)C)n2)C1. The average Bonchev–Trinajstić information content (AvgIpc) is 2.26. The third-order valence-corrected chi connectivity index (χ3v) is 2.82. The Bertz CT molecular complexity index is 378. The van der Waals surface area contributed by atoms with Gasteiger partial charge in [0.25, 0.3) is 0 Å². The normalized spacial score (nSPS) is 22.7. The van der Waals surface area contributed by atoms with Gasteiger partial charge in [-0.05, 0) is 33.6 Å². The van der Waals surface area contributed by atoms with E-state index in [0.717, 1.165) is 19.4 Å². The predicted molar refractivity (Wildman–Crippen MR) is 69.9 cm³/mol. The second kappa shape index (κ2) is 6.00. The van der Waals surface area contributed by atoms with Crippen molar-refractivity contribution in [3.8, 4) is 5.88 Å². The maximum absolute atomic E-state index is 5.53. The second-order valence-electron chi connectivity index (χ2n) is 4.78. The average molecular weight is 251 g/mol. The van der Waals surface area contributed by atoms with E-state index in [1.165, 1.54) is 0 Å². The predicted octanol–water partition coefficient (Wildman–Crippen LogP) is 2.24.